The smallest absolute Gasteiger partial charge is 0.341 e. The fourth-order valence-corrected chi connectivity index (χ4v) is 11.6. The number of hydrogen-bond donors (Lipinski definition) is 3. The van der Waals surface area contributed by atoms with Crippen molar-refractivity contribution in [2.24, 2.45) is 29.1 Å². The van der Waals surface area contributed by atoms with Gasteiger partial charge in [0.05, 0.1) is 17.3 Å². The Morgan fingerprint density at radius 2 is 1.67 bits per heavy atom. The van der Waals surface area contributed by atoms with E-state index in [0.717, 1.165) is 0 Å². The van der Waals surface area contributed by atoms with Gasteiger partial charge >= 0.3 is 17.9 Å². The Labute approximate surface area is 249 Å². The molecule has 3 aliphatic carbocycles. The molecule has 0 aromatic rings. The van der Waals surface area contributed by atoms with E-state index in [1.807, 2.05) is 27.7 Å². The van der Waals surface area contributed by atoms with Crippen molar-refractivity contribution in [2.75, 3.05) is 0 Å². The Hall–Kier alpha value is -1.83. The molecule has 3 saturated carbocycles. The largest absolute Gasteiger partial charge is 0.459 e. The molecule has 43 heavy (non-hydrogen) atoms. The normalized spacial score (nSPS) is 60.4. The van der Waals surface area contributed by atoms with Gasteiger partial charge in [-0.05, 0) is 57.8 Å². The summed E-state index contributed by atoms with van der Waals surface area (Å²) in [4.78, 5) is 38.0. The monoisotopic (exact) mass is 606 g/mol. The van der Waals surface area contributed by atoms with Crippen molar-refractivity contribution in [1.82, 2.24) is 0 Å². The maximum atomic E-state index is 12.8. The molecular formula is C31H42O12. The Morgan fingerprint density at radius 3 is 2.30 bits per heavy atom. The van der Waals surface area contributed by atoms with Crippen LogP contribution in [-0.4, -0.2) is 104 Å². The van der Waals surface area contributed by atoms with E-state index in [0.29, 0.717) is 19.3 Å². The van der Waals surface area contributed by atoms with Gasteiger partial charge in [0, 0.05) is 31.1 Å². The Morgan fingerprint density at radius 1 is 0.977 bits per heavy atom. The fourth-order valence-electron chi connectivity index (χ4n) is 11.6. The fraction of sp³-hybridized carbons (Fsp3) is 0.903. The topological polar surface area (TPSA) is 171 Å². The zero-order valence-corrected chi connectivity index (χ0v) is 25.4. The molecule has 0 radical (unpaired) electrons. The summed E-state index contributed by atoms with van der Waals surface area (Å²) in [6.07, 6.45) is -4.71. The molecule has 12 nitrogen and oxygen atoms in total. The lowest BCUT2D eigenvalue weighted by atomic mass is 9.49. The lowest BCUT2D eigenvalue weighted by Gasteiger charge is -2.61. The molecule has 3 N–H and O–H groups in total. The quantitative estimate of drug-likeness (QED) is 0.227. The van der Waals surface area contributed by atoms with Gasteiger partial charge in [0.1, 0.15) is 35.6 Å². The first kappa shape index (κ1) is 28.6. The highest BCUT2D eigenvalue weighted by Crippen LogP contribution is 2.73. The minimum atomic E-state index is -1.57. The van der Waals surface area contributed by atoms with Gasteiger partial charge in [0.2, 0.25) is 0 Å². The number of aliphatic hydroxyl groups excluding tert-OH is 2. The van der Waals surface area contributed by atoms with Crippen molar-refractivity contribution in [3.05, 3.63) is 0 Å². The van der Waals surface area contributed by atoms with Crippen LogP contribution in [0.4, 0.5) is 0 Å². The summed E-state index contributed by atoms with van der Waals surface area (Å²) >= 11 is 0. The number of hydrogen-bond acceptors (Lipinski definition) is 12. The van der Waals surface area contributed by atoms with Crippen LogP contribution in [0.2, 0.25) is 0 Å². The van der Waals surface area contributed by atoms with Crippen molar-refractivity contribution in [2.45, 2.75) is 144 Å². The van der Waals surface area contributed by atoms with Crippen molar-refractivity contribution < 1.29 is 58.1 Å². The van der Waals surface area contributed by atoms with Crippen LogP contribution in [0.25, 0.3) is 0 Å². The van der Waals surface area contributed by atoms with E-state index in [-0.39, 0.29) is 30.6 Å². The minimum absolute atomic E-state index is 0.0210. The molecule has 8 fully saturated rings. The molecule has 0 aromatic heterocycles. The summed E-state index contributed by atoms with van der Waals surface area (Å²) < 4.78 is 36.9. The first-order valence-corrected chi connectivity index (χ1v) is 15.7. The van der Waals surface area contributed by atoms with E-state index in [1.54, 1.807) is 6.92 Å². The summed E-state index contributed by atoms with van der Waals surface area (Å²) in [5, 5.41) is 35.6. The summed E-state index contributed by atoms with van der Waals surface area (Å²) in [5.74, 6) is -3.08. The SMILES string of the molecule is CC(=O)O[C@H]1C[C@]2(O)C[C@]34OC(=O)[C@H](O)[C@H]3OC(C)(C)[C@@H]4CC[C@H]2[C@@]2(C)[C@@H](O)C[C@@H]3[C@H](C)[C@@H]([C@H]4OC(=O)[C@@]5(C)O[C@@H]45)O[C@@]132. The van der Waals surface area contributed by atoms with Crippen LogP contribution >= 0.6 is 0 Å². The number of aliphatic hydroxyl groups is 3. The molecule has 0 aromatic carbocycles. The second-order valence-corrected chi connectivity index (χ2v) is 15.6. The summed E-state index contributed by atoms with van der Waals surface area (Å²) in [6, 6.07) is 0. The van der Waals surface area contributed by atoms with Crippen LogP contribution in [0.1, 0.15) is 73.6 Å². The molecule has 0 amide bonds. The molecule has 12 heteroatoms. The van der Waals surface area contributed by atoms with E-state index in [2.05, 4.69) is 0 Å². The van der Waals surface area contributed by atoms with Gasteiger partial charge in [-0.3, -0.25) is 4.79 Å². The maximum absolute atomic E-state index is 12.8. The van der Waals surface area contributed by atoms with Gasteiger partial charge in [-0.1, -0.05) is 13.8 Å². The molecule has 2 spiro atoms. The molecule has 8 rings (SSSR count). The third kappa shape index (κ3) is 3.11. The number of epoxide rings is 1. The van der Waals surface area contributed by atoms with Gasteiger partial charge in [0.25, 0.3) is 0 Å². The van der Waals surface area contributed by atoms with Crippen LogP contribution in [-0.2, 0) is 42.8 Å². The summed E-state index contributed by atoms with van der Waals surface area (Å²) in [5.41, 5.74) is -6.88. The summed E-state index contributed by atoms with van der Waals surface area (Å²) in [6.45, 7) is 10.8. The van der Waals surface area contributed by atoms with Crippen molar-refractivity contribution >= 4 is 17.9 Å². The van der Waals surface area contributed by atoms with Crippen LogP contribution in [0.5, 0.6) is 0 Å². The number of cyclic esters (lactones) is 1. The molecule has 16 atom stereocenters. The average Bonchev–Trinajstić information content (AvgIpc) is 3.16. The standard InChI is InChI=1S/C31H42O12/c1-12-14-9-17(33)27(5)16-8-7-15-26(3,4)41-22-19(34)24(35)43-30(15,22)11-29(16,37)10-18(38-13(2)32)31(14,27)40-20(12)21-23-28(6,42-23)25(36)39-21/h12,14-23,33-34,37H,7-11H2,1-6H3/t12-,14+,15-,16-,17-,18-,19+,20-,21+,22+,23-,27-,28-,29-,30+,31+/m0/s1. The molecule has 0 bridgehead atoms. The van der Waals surface area contributed by atoms with E-state index in [1.165, 1.54) is 6.92 Å². The third-order valence-electron chi connectivity index (χ3n) is 13.4. The van der Waals surface area contributed by atoms with Gasteiger partial charge in [0.15, 0.2) is 17.8 Å². The molecule has 5 aliphatic heterocycles. The predicted octanol–water partition coefficient (Wildman–Crippen LogP) is 0.547. The van der Waals surface area contributed by atoms with Crippen molar-refractivity contribution in [3.8, 4) is 0 Å². The summed E-state index contributed by atoms with van der Waals surface area (Å²) in [7, 11) is 0. The average molecular weight is 607 g/mol. The number of carbonyl (C=O) groups excluding carboxylic acids is 3. The number of esters is 3. The highest BCUT2D eigenvalue weighted by Gasteiger charge is 2.84. The number of ether oxygens (including phenoxy) is 6. The van der Waals surface area contributed by atoms with Crippen LogP contribution in [0.3, 0.4) is 0 Å². The first-order valence-electron chi connectivity index (χ1n) is 15.7. The molecule has 5 heterocycles. The van der Waals surface area contributed by atoms with Crippen molar-refractivity contribution in [1.29, 1.82) is 0 Å². The lowest BCUT2D eigenvalue weighted by molar-refractivity contribution is -0.294. The molecule has 0 unspecified atom stereocenters. The minimum Gasteiger partial charge on any atom is -0.459 e. The second kappa shape index (κ2) is 8.11. The van der Waals surface area contributed by atoms with Crippen molar-refractivity contribution in [3.63, 3.8) is 0 Å². The number of rotatable bonds is 2. The van der Waals surface area contributed by atoms with E-state index >= 15 is 0 Å². The molecule has 238 valence electrons. The van der Waals surface area contributed by atoms with E-state index in [9.17, 15) is 29.7 Å². The lowest BCUT2D eigenvalue weighted by Crippen LogP contribution is -2.72. The van der Waals surface area contributed by atoms with Crippen LogP contribution in [0, 0.1) is 29.1 Å². The van der Waals surface area contributed by atoms with Gasteiger partial charge < -0.3 is 43.7 Å². The van der Waals surface area contributed by atoms with Gasteiger partial charge in [-0.2, -0.15) is 0 Å². The highest BCUT2D eigenvalue weighted by molar-refractivity contribution is 5.86. The predicted molar refractivity (Wildman–Crippen MR) is 142 cm³/mol. The second-order valence-electron chi connectivity index (χ2n) is 15.6. The zero-order chi connectivity index (χ0) is 30.9. The Kier molecular flexibility index (Phi) is 5.40. The van der Waals surface area contributed by atoms with Gasteiger partial charge in [-0.15, -0.1) is 0 Å². The van der Waals surface area contributed by atoms with Crippen LogP contribution < -0.4 is 0 Å². The van der Waals surface area contributed by atoms with Gasteiger partial charge in [-0.25, -0.2) is 9.59 Å². The van der Waals surface area contributed by atoms with Crippen LogP contribution in [0.15, 0.2) is 0 Å². The van der Waals surface area contributed by atoms with E-state index < -0.39 is 100.0 Å². The maximum Gasteiger partial charge on any atom is 0.341 e. The number of carbonyl (C=O) groups is 3. The molecule has 5 saturated heterocycles. The zero-order valence-electron chi connectivity index (χ0n) is 25.4. The Balaban J connectivity index is 1.24. The van der Waals surface area contributed by atoms with E-state index in [4.69, 9.17) is 28.4 Å². The molecular weight excluding hydrogens is 564 g/mol. The Bertz CT molecular complexity index is 1320. The molecule has 8 aliphatic rings. The highest BCUT2D eigenvalue weighted by atomic mass is 16.7. The first-order chi connectivity index (χ1) is 20.0. The third-order valence-corrected chi connectivity index (χ3v) is 13.4. The number of fused-ring (bicyclic) bond motifs is 3.